The van der Waals surface area contributed by atoms with Crippen LogP contribution in [0.25, 0.3) is 0 Å². The van der Waals surface area contributed by atoms with Crippen molar-refractivity contribution >= 4 is 33.5 Å². The van der Waals surface area contributed by atoms with E-state index in [-0.39, 0.29) is 0 Å². The number of halogens is 1. The average molecular weight is 301 g/mol. The van der Waals surface area contributed by atoms with Gasteiger partial charge in [-0.15, -0.1) is 0 Å². The lowest BCUT2D eigenvalue weighted by atomic mass is 9.95. The Balaban J connectivity index is 1.89. The van der Waals surface area contributed by atoms with Crippen LogP contribution in [-0.2, 0) is 0 Å². The summed E-state index contributed by atoms with van der Waals surface area (Å²) in [5, 5.41) is 4.39. The summed E-state index contributed by atoms with van der Waals surface area (Å²) in [6, 6.07) is 4.57. The zero-order chi connectivity index (χ0) is 11.4. The standard InChI is InChI=1S/C12H17BrN2S/c1-16-10-6-4-9(5-7-10)15-12-11(13)3-2-8-14-12/h2-3,8-10H,4-7H2,1H3,(H,14,15). The predicted molar refractivity (Wildman–Crippen MR) is 75.1 cm³/mol. The first kappa shape index (κ1) is 12.2. The van der Waals surface area contributed by atoms with Crippen molar-refractivity contribution in [2.75, 3.05) is 11.6 Å². The van der Waals surface area contributed by atoms with Crippen LogP contribution >= 0.6 is 27.7 Å². The lowest BCUT2D eigenvalue weighted by molar-refractivity contribution is 0.472. The van der Waals surface area contributed by atoms with Crippen molar-refractivity contribution in [1.82, 2.24) is 4.98 Å². The first-order chi connectivity index (χ1) is 7.79. The molecule has 0 unspecified atom stereocenters. The van der Waals surface area contributed by atoms with E-state index in [0.717, 1.165) is 15.5 Å². The molecule has 0 bridgehead atoms. The van der Waals surface area contributed by atoms with E-state index in [1.165, 1.54) is 25.7 Å². The number of anilines is 1. The molecule has 0 aliphatic heterocycles. The molecule has 16 heavy (non-hydrogen) atoms. The Kier molecular flexibility index (Phi) is 4.53. The summed E-state index contributed by atoms with van der Waals surface area (Å²) in [5.74, 6) is 0.982. The van der Waals surface area contributed by atoms with Crippen LogP contribution < -0.4 is 5.32 Å². The zero-order valence-electron chi connectivity index (χ0n) is 9.45. The number of aromatic nitrogens is 1. The minimum Gasteiger partial charge on any atom is -0.366 e. The second-order valence-corrected chi connectivity index (χ2v) is 6.18. The van der Waals surface area contributed by atoms with Crippen LogP contribution in [0, 0.1) is 0 Å². The van der Waals surface area contributed by atoms with E-state index < -0.39 is 0 Å². The molecule has 1 aromatic rings. The van der Waals surface area contributed by atoms with Crippen LogP contribution in [-0.4, -0.2) is 22.5 Å². The molecule has 88 valence electrons. The Morgan fingerprint density at radius 3 is 2.75 bits per heavy atom. The highest BCUT2D eigenvalue weighted by Gasteiger charge is 2.20. The minimum absolute atomic E-state index is 0.592. The molecular weight excluding hydrogens is 284 g/mol. The van der Waals surface area contributed by atoms with Crippen molar-refractivity contribution in [2.45, 2.75) is 37.0 Å². The monoisotopic (exact) mass is 300 g/mol. The van der Waals surface area contributed by atoms with Crippen molar-refractivity contribution in [2.24, 2.45) is 0 Å². The Labute approximate surface area is 110 Å². The van der Waals surface area contributed by atoms with Crippen molar-refractivity contribution < 1.29 is 0 Å². The molecule has 0 saturated heterocycles. The Morgan fingerprint density at radius 2 is 2.12 bits per heavy atom. The first-order valence-electron chi connectivity index (χ1n) is 5.69. The van der Waals surface area contributed by atoms with E-state index >= 15 is 0 Å². The molecular formula is C12H17BrN2S. The lowest BCUT2D eigenvalue weighted by Gasteiger charge is -2.28. The number of rotatable bonds is 3. The van der Waals surface area contributed by atoms with Gasteiger partial charge in [-0.2, -0.15) is 11.8 Å². The maximum absolute atomic E-state index is 4.35. The summed E-state index contributed by atoms with van der Waals surface area (Å²) < 4.78 is 1.06. The number of thioether (sulfide) groups is 1. The quantitative estimate of drug-likeness (QED) is 0.915. The maximum Gasteiger partial charge on any atom is 0.140 e. The number of nitrogens with zero attached hydrogens (tertiary/aromatic N) is 1. The van der Waals surface area contributed by atoms with Crippen molar-refractivity contribution in [3.8, 4) is 0 Å². The molecule has 0 atom stereocenters. The predicted octanol–water partition coefficient (Wildman–Crippen LogP) is 3.93. The summed E-state index contributed by atoms with van der Waals surface area (Å²) in [4.78, 5) is 4.35. The summed E-state index contributed by atoms with van der Waals surface area (Å²) in [5.41, 5.74) is 0. The fraction of sp³-hybridized carbons (Fsp3) is 0.583. The third-order valence-electron chi connectivity index (χ3n) is 3.11. The normalized spacial score (nSPS) is 25.4. The Hall–Kier alpha value is -0.220. The van der Waals surface area contributed by atoms with Crippen LogP contribution in [0.1, 0.15) is 25.7 Å². The van der Waals surface area contributed by atoms with Crippen LogP contribution in [0.5, 0.6) is 0 Å². The maximum atomic E-state index is 4.35. The largest absolute Gasteiger partial charge is 0.366 e. The zero-order valence-corrected chi connectivity index (χ0v) is 11.9. The Bertz CT molecular complexity index is 338. The molecule has 1 N–H and O–H groups in total. The summed E-state index contributed by atoms with van der Waals surface area (Å²) in [6.07, 6.45) is 9.21. The molecule has 0 amide bonds. The van der Waals surface area contributed by atoms with Crippen LogP contribution in [0.2, 0.25) is 0 Å². The molecule has 2 rings (SSSR count). The van der Waals surface area contributed by atoms with E-state index in [0.29, 0.717) is 6.04 Å². The van der Waals surface area contributed by atoms with E-state index in [1.807, 2.05) is 30.1 Å². The van der Waals surface area contributed by atoms with Gasteiger partial charge < -0.3 is 5.32 Å². The van der Waals surface area contributed by atoms with Gasteiger partial charge in [0.1, 0.15) is 5.82 Å². The molecule has 0 radical (unpaired) electrons. The van der Waals surface area contributed by atoms with Crippen molar-refractivity contribution in [3.05, 3.63) is 22.8 Å². The van der Waals surface area contributed by atoms with E-state index in [9.17, 15) is 0 Å². The highest BCUT2D eigenvalue weighted by atomic mass is 79.9. The van der Waals surface area contributed by atoms with Gasteiger partial charge in [-0.25, -0.2) is 4.98 Å². The molecule has 2 nitrogen and oxygen atoms in total. The summed E-state index contributed by atoms with van der Waals surface area (Å²) in [6.45, 7) is 0. The average Bonchev–Trinajstić information content (AvgIpc) is 2.33. The number of hydrogen-bond acceptors (Lipinski definition) is 3. The van der Waals surface area contributed by atoms with Crippen molar-refractivity contribution in [3.63, 3.8) is 0 Å². The van der Waals surface area contributed by atoms with Gasteiger partial charge in [-0.05, 0) is 60.0 Å². The van der Waals surface area contributed by atoms with E-state index in [1.54, 1.807) is 0 Å². The summed E-state index contributed by atoms with van der Waals surface area (Å²) in [7, 11) is 0. The summed E-state index contributed by atoms with van der Waals surface area (Å²) >= 11 is 5.52. The van der Waals surface area contributed by atoms with Gasteiger partial charge in [0.15, 0.2) is 0 Å². The highest BCUT2D eigenvalue weighted by molar-refractivity contribution is 9.10. The molecule has 1 saturated carbocycles. The number of hydrogen-bond donors (Lipinski definition) is 1. The minimum atomic E-state index is 0.592. The SMILES string of the molecule is CSC1CCC(Nc2ncccc2Br)CC1. The molecule has 4 heteroatoms. The number of nitrogens with one attached hydrogen (secondary N) is 1. The van der Waals surface area contributed by atoms with E-state index in [2.05, 4.69) is 32.5 Å². The van der Waals surface area contributed by atoms with Gasteiger partial charge in [0.05, 0.1) is 4.47 Å². The molecule has 1 heterocycles. The van der Waals surface area contributed by atoms with Crippen LogP contribution in [0.15, 0.2) is 22.8 Å². The van der Waals surface area contributed by atoms with Gasteiger partial charge >= 0.3 is 0 Å². The van der Waals surface area contributed by atoms with Crippen molar-refractivity contribution in [1.29, 1.82) is 0 Å². The molecule has 0 spiro atoms. The third kappa shape index (κ3) is 3.14. The molecule has 1 aromatic heterocycles. The lowest BCUT2D eigenvalue weighted by Crippen LogP contribution is -2.27. The number of pyridine rings is 1. The highest BCUT2D eigenvalue weighted by Crippen LogP contribution is 2.29. The van der Waals surface area contributed by atoms with Gasteiger partial charge in [0, 0.05) is 17.5 Å². The molecule has 1 fully saturated rings. The topological polar surface area (TPSA) is 24.9 Å². The molecule has 1 aliphatic rings. The third-order valence-corrected chi connectivity index (χ3v) is 4.88. The molecule has 1 aliphatic carbocycles. The Morgan fingerprint density at radius 1 is 1.38 bits per heavy atom. The second-order valence-electron chi connectivity index (χ2n) is 4.19. The van der Waals surface area contributed by atoms with E-state index in [4.69, 9.17) is 0 Å². The molecule has 0 aromatic carbocycles. The first-order valence-corrected chi connectivity index (χ1v) is 7.77. The smallest absolute Gasteiger partial charge is 0.140 e. The second kappa shape index (κ2) is 5.92. The van der Waals surface area contributed by atoms with Gasteiger partial charge in [-0.1, -0.05) is 0 Å². The van der Waals surface area contributed by atoms with Crippen LogP contribution in [0.3, 0.4) is 0 Å². The fourth-order valence-corrected chi connectivity index (χ4v) is 3.24. The van der Waals surface area contributed by atoms with Crippen LogP contribution in [0.4, 0.5) is 5.82 Å². The van der Waals surface area contributed by atoms with Gasteiger partial charge in [0.2, 0.25) is 0 Å². The van der Waals surface area contributed by atoms with Gasteiger partial charge in [0.25, 0.3) is 0 Å². The fourth-order valence-electron chi connectivity index (χ4n) is 2.13. The van der Waals surface area contributed by atoms with Gasteiger partial charge in [-0.3, -0.25) is 0 Å².